The molecular weight excluding hydrogens is 308 g/mol. The van der Waals surface area contributed by atoms with Crippen molar-refractivity contribution in [1.29, 1.82) is 0 Å². The van der Waals surface area contributed by atoms with Crippen LogP contribution in [0.15, 0.2) is 29.3 Å². The largest absolute Gasteiger partial charge is 0.497 e. The van der Waals surface area contributed by atoms with Gasteiger partial charge in [0.1, 0.15) is 11.6 Å². The maximum absolute atomic E-state index is 5.28. The summed E-state index contributed by atoms with van der Waals surface area (Å²) in [7, 11) is 3.36. The first-order chi connectivity index (χ1) is 11.8. The minimum Gasteiger partial charge on any atom is -0.497 e. The Bertz CT molecular complexity index is 638. The van der Waals surface area contributed by atoms with Gasteiger partial charge in [-0.1, -0.05) is 0 Å². The molecule has 0 bridgehead atoms. The van der Waals surface area contributed by atoms with E-state index in [4.69, 9.17) is 9.47 Å². The number of aromatic amines is 1. The molecule has 1 aromatic carbocycles. The second kappa shape index (κ2) is 9.51. The number of methoxy groups -OCH3 is 1. The van der Waals surface area contributed by atoms with Crippen LogP contribution in [0.2, 0.25) is 0 Å². The van der Waals surface area contributed by atoms with Crippen molar-refractivity contribution in [1.82, 2.24) is 25.8 Å². The van der Waals surface area contributed by atoms with Gasteiger partial charge in [0, 0.05) is 25.8 Å². The van der Waals surface area contributed by atoms with E-state index < -0.39 is 0 Å². The molecule has 1 heterocycles. The summed E-state index contributed by atoms with van der Waals surface area (Å²) in [5.41, 5.74) is 0.928. The smallest absolute Gasteiger partial charge is 0.191 e. The van der Waals surface area contributed by atoms with Crippen molar-refractivity contribution in [3.63, 3.8) is 0 Å². The van der Waals surface area contributed by atoms with Crippen LogP contribution in [0, 0.1) is 0 Å². The van der Waals surface area contributed by atoms with E-state index in [0.29, 0.717) is 38.1 Å². The van der Waals surface area contributed by atoms with Gasteiger partial charge in [0.25, 0.3) is 0 Å². The molecule has 0 saturated carbocycles. The second-order valence-corrected chi connectivity index (χ2v) is 4.88. The highest BCUT2D eigenvalue weighted by Gasteiger charge is 2.07. The molecule has 0 radical (unpaired) electrons. The topological polar surface area (TPSA) is 96.4 Å². The van der Waals surface area contributed by atoms with E-state index >= 15 is 0 Å². The molecule has 2 aromatic rings. The number of benzene rings is 1. The highest BCUT2D eigenvalue weighted by atomic mass is 16.5. The lowest BCUT2D eigenvalue weighted by molar-refractivity contribution is 0.152. The molecule has 0 aliphatic carbocycles. The number of aromatic nitrogens is 3. The van der Waals surface area contributed by atoms with Crippen LogP contribution in [0.25, 0.3) is 11.4 Å². The van der Waals surface area contributed by atoms with E-state index in [-0.39, 0.29) is 0 Å². The molecule has 1 aromatic heterocycles. The van der Waals surface area contributed by atoms with E-state index in [1.165, 1.54) is 0 Å². The fourth-order valence-electron chi connectivity index (χ4n) is 2.02. The predicted octanol–water partition coefficient (Wildman–Crippen LogP) is 1.18. The van der Waals surface area contributed by atoms with Crippen molar-refractivity contribution in [3.8, 4) is 17.1 Å². The first-order valence-corrected chi connectivity index (χ1v) is 7.84. The average molecular weight is 332 g/mol. The summed E-state index contributed by atoms with van der Waals surface area (Å²) in [4.78, 5) is 8.62. The molecule has 24 heavy (non-hydrogen) atoms. The van der Waals surface area contributed by atoms with Crippen LogP contribution in [0.1, 0.15) is 12.7 Å². The number of nitrogens with zero attached hydrogens (tertiary/aromatic N) is 3. The standard InChI is InChI=1S/C16H24N6O2/c1-4-24-10-9-18-16(17-2)19-11-14-20-15(22-21-14)12-5-7-13(23-3)8-6-12/h5-8H,4,9-11H2,1-3H3,(H2,17,18,19)(H,20,21,22). The SMILES string of the molecule is CCOCCNC(=NC)NCc1nc(-c2ccc(OC)cc2)n[nH]1. The summed E-state index contributed by atoms with van der Waals surface area (Å²) in [5.74, 6) is 2.87. The Balaban J connectivity index is 1.86. The first-order valence-electron chi connectivity index (χ1n) is 7.84. The van der Waals surface area contributed by atoms with Crippen LogP contribution < -0.4 is 15.4 Å². The molecule has 3 N–H and O–H groups in total. The zero-order valence-electron chi connectivity index (χ0n) is 14.3. The Morgan fingerprint density at radius 3 is 2.71 bits per heavy atom. The second-order valence-electron chi connectivity index (χ2n) is 4.88. The molecule has 8 heteroatoms. The fourth-order valence-corrected chi connectivity index (χ4v) is 2.02. The molecule has 8 nitrogen and oxygen atoms in total. The summed E-state index contributed by atoms with van der Waals surface area (Å²) in [6, 6.07) is 7.61. The number of rotatable bonds is 8. The lowest BCUT2D eigenvalue weighted by atomic mass is 10.2. The summed E-state index contributed by atoms with van der Waals surface area (Å²) in [6.07, 6.45) is 0. The molecule has 0 aliphatic rings. The van der Waals surface area contributed by atoms with Crippen LogP contribution in [-0.2, 0) is 11.3 Å². The van der Waals surface area contributed by atoms with Crippen molar-refractivity contribution in [2.75, 3.05) is 33.9 Å². The van der Waals surface area contributed by atoms with Gasteiger partial charge >= 0.3 is 0 Å². The molecular formula is C16H24N6O2. The zero-order valence-corrected chi connectivity index (χ0v) is 14.3. The van der Waals surface area contributed by atoms with Gasteiger partial charge in [-0.3, -0.25) is 10.1 Å². The van der Waals surface area contributed by atoms with E-state index in [9.17, 15) is 0 Å². The molecule has 0 spiro atoms. The average Bonchev–Trinajstić information content (AvgIpc) is 3.10. The third kappa shape index (κ3) is 5.24. The third-order valence-corrected chi connectivity index (χ3v) is 3.27. The molecule has 130 valence electrons. The van der Waals surface area contributed by atoms with Crippen molar-refractivity contribution in [2.24, 2.45) is 4.99 Å². The molecule has 0 unspecified atom stereocenters. The Kier molecular flexibility index (Phi) is 7.03. The summed E-state index contributed by atoms with van der Waals surface area (Å²) >= 11 is 0. The van der Waals surface area contributed by atoms with Gasteiger partial charge in [-0.15, -0.1) is 0 Å². The number of hydrogen-bond acceptors (Lipinski definition) is 5. The van der Waals surface area contributed by atoms with Gasteiger partial charge < -0.3 is 20.1 Å². The van der Waals surface area contributed by atoms with Crippen molar-refractivity contribution in [2.45, 2.75) is 13.5 Å². The third-order valence-electron chi connectivity index (χ3n) is 3.27. The molecule has 0 atom stereocenters. The summed E-state index contributed by atoms with van der Waals surface area (Å²) < 4.78 is 10.4. The van der Waals surface area contributed by atoms with Gasteiger partial charge in [0.2, 0.25) is 0 Å². The van der Waals surface area contributed by atoms with Gasteiger partial charge in [-0.25, -0.2) is 4.98 Å². The van der Waals surface area contributed by atoms with Gasteiger partial charge in [0.05, 0.1) is 20.3 Å². The zero-order chi connectivity index (χ0) is 17.2. The Morgan fingerprint density at radius 2 is 2.04 bits per heavy atom. The molecule has 0 saturated heterocycles. The minimum atomic E-state index is 0.497. The van der Waals surface area contributed by atoms with E-state index in [2.05, 4.69) is 30.8 Å². The maximum Gasteiger partial charge on any atom is 0.191 e. The quantitative estimate of drug-likeness (QED) is 0.382. The first kappa shape index (κ1) is 17.7. The summed E-state index contributed by atoms with van der Waals surface area (Å²) in [6.45, 7) is 4.51. The van der Waals surface area contributed by atoms with Crippen LogP contribution in [0.5, 0.6) is 5.75 Å². The molecule has 0 amide bonds. The maximum atomic E-state index is 5.28. The van der Waals surface area contributed by atoms with Gasteiger partial charge in [0.15, 0.2) is 11.8 Å². The lowest BCUT2D eigenvalue weighted by Gasteiger charge is -2.10. The lowest BCUT2D eigenvalue weighted by Crippen LogP contribution is -2.38. The fraction of sp³-hybridized carbons (Fsp3) is 0.438. The van der Waals surface area contributed by atoms with Crippen LogP contribution >= 0.6 is 0 Å². The Morgan fingerprint density at radius 1 is 1.25 bits per heavy atom. The van der Waals surface area contributed by atoms with Gasteiger partial charge in [-0.05, 0) is 31.2 Å². The van der Waals surface area contributed by atoms with Crippen molar-refractivity contribution >= 4 is 5.96 Å². The Hall–Kier alpha value is -2.61. The molecule has 0 fully saturated rings. The van der Waals surface area contributed by atoms with Crippen LogP contribution in [0.3, 0.4) is 0 Å². The Labute approximate surface area is 141 Å². The van der Waals surface area contributed by atoms with Crippen LogP contribution in [-0.4, -0.2) is 55.1 Å². The van der Waals surface area contributed by atoms with Gasteiger partial charge in [-0.2, -0.15) is 5.10 Å². The van der Waals surface area contributed by atoms with E-state index in [1.807, 2.05) is 31.2 Å². The highest BCUT2D eigenvalue weighted by Crippen LogP contribution is 2.18. The molecule has 0 aliphatic heterocycles. The normalized spacial score (nSPS) is 11.4. The number of hydrogen-bond donors (Lipinski definition) is 3. The summed E-state index contributed by atoms with van der Waals surface area (Å²) in [5, 5.41) is 13.5. The number of ether oxygens (including phenoxy) is 2. The van der Waals surface area contributed by atoms with E-state index in [0.717, 1.165) is 17.1 Å². The van der Waals surface area contributed by atoms with Crippen molar-refractivity contribution < 1.29 is 9.47 Å². The number of H-pyrrole nitrogens is 1. The number of aliphatic imine (C=N–C) groups is 1. The van der Waals surface area contributed by atoms with E-state index in [1.54, 1.807) is 14.2 Å². The van der Waals surface area contributed by atoms with Crippen molar-refractivity contribution in [3.05, 3.63) is 30.1 Å². The highest BCUT2D eigenvalue weighted by molar-refractivity contribution is 5.79. The molecule has 2 rings (SSSR count). The minimum absolute atomic E-state index is 0.497. The monoisotopic (exact) mass is 332 g/mol. The van der Waals surface area contributed by atoms with Crippen LogP contribution in [0.4, 0.5) is 0 Å². The number of guanidine groups is 1. The number of nitrogens with one attached hydrogen (secondary N) is 3. The predicted molar refractivity (Wildman–Crippen MR) is 93.1 cm³/mol.